The molecule has 2 amide bonds. The van der Waals surface area contributed by atoms with E-state index >= 15 is 0 Å². The minimum Gasteiger partial charge on any atom is -0.351 e. The van der Waals surface area contributed by atoms with E-state index < -0.39 is 0 Å². The van der Waals surface area contributed by atoms with Crippen LogP contribution in [0.2, 0.25) is 0 Å². The first-order chi connectivity index (χ1) is 20.6. The Bertz CT molecular complexity index is 583. The molecule has 0 aromatic heterocycles. The zero-order chi connectivity index (χ0) is 30.7. The first-order valence-corrected chi connectivity index (χ1v) is 19.2. The zero-order valence-electron chi connectivity index (χ0n) is 28.9. The lowest BCUT2D eigenvalue weighted by molar-refractivity contribution is -0.129. The molecule has 4 nitrogen and oxygen atoms in total. The molecule has 1 rings (SSSR count). The van der Waals surface area contributed by atoms with Crippen molar-refractivity contribution in [3.8, 4) is 0 Å². The molecule has 1 aliphatic rings. The third kappa shape index (κ3) is 19.3. The van der Waals surface area contributed by atoms with Crippen molar-refractivity contribution in [2.45, 2.75) is 220 Å². The SMILES string of the molecule is CCCCCCCCC(CCCCCC)C(=O)NC1CCCC[C@H]1NC(=O)[C@H](CCCCCC)CCCCCCCC. The van der Waals surface area contributed by atoms with Crippen LogP contribution in [0, 0.1) is 11.8 Å². The summed E-state index contributed by atoms with van der Waals surface area (Å²) in [7, 11) is 0. The fraction of sp³-hybridized carbons (Fsp3) is 0.947. The van der Waals surface area contributed by atoms with Crippen molar-refractivity contribution in [3.05, 3.63) is 0 Å². The average molecular weight is 591 g/mol. The van der Waals surface area contributed by atoms with Crippen LogP contribution in [0.5, 0.6) is 0 Å². The second-order valence-corrected chi connectivity index (χ2v) is 13.7. The summed E-state index contributed by atoms with van der Waals surface area (Å²) < 4.78 is 0. The molecule has 2 unspecified atom stereocenters. The van der Waals surface area contributed by atoms with Gasteiger partial charge in [0.05, 0.1) is 0 Å². The Hall–Kier alpha value is -1.06. The van der Waals surface area contributed by atoms with Gasteiger partial charge in [0.1, 0.15) is 0 Å². The lowest BCUT2D eigenvalue weighted by Crippen LogP contribution is -2.55. The molecular formula is C38H74N2O2. The molecule has 0 aliphatic heterocycles. The van der Waals surface area contributed by atoms with E-state index in [0.29, 0.717) is 0 Å². The van der Waals surface area contributed by atoms with Crippen LogP contribution in [0.4, 0.5) is 0 Å². The van der Waals surface area contributed by atoms with Gasteiger partial charge in [-0.25, -0.2) is 0 Å². The molecule has 0 aromatic rings. The van der Waals surface area contributed by atoms with Crippen molar-refractivity contribution in [2.24, 2.45) is 11.8 Å². The maximum atomic E-state index is 13.6. The Morgan fingerprint density at radius 2 is 0.714 bits per heavy atom. The summed E-state index contributed by atoms with van der Waals surface area (Å²) in [5.74, 6) is 0.777. The van der Waals surface area contributed by atoms with Crippen molar-refractivity contribution in [1.82, 2.24) is 10.6 Å². The van der Waals surface area contributed by atoms with Crippen molar-refractivity contribution < 1.29 is 9.59 Å². The van der Waals surface area contributed by atoms with Crippen LogP contribution >= 0.6 is 0 Å². The second kappa shape index (κ2) is 27.5. The minimum atomic E-state index is 0.0904. The molecule has 2 N–H and O–H groups in total. The smallest absolute Gasteiger partial charge is 0.223 e. The van der Waals surface area contributed by atoms with Gasteiger partial charge < -0.3 is 10.6 Å². The van der Waals surface area contributed by atoms with Gasteiger partial charge in [-0.1, -0.05) is 169 Å². The molecular weight excluding hydrogens is 516 g/mol. The first kappa shape index (κ1) is 39.0. The van der Waals surface area contributed by atoms with Crippen molar-refractivity contribution in [2.75, 3.05) is 0 Å². The lowest BCUT2D eigenvalue weighted by atomic mass is 9.87. The lowest BCUT2D eigenvalue weighted by Gasteiger charge is -2.35. The summed E-state index contributed by atoms with van der Waals surface area (Å²) in [5, 5.41) is 6.99. The van der Waals surface area contributed by atoms with Gasteiger partial charge in [-0.05, 0) is 38.5 Å². The van der Waals surface area contributed by atoms with Gasteiger partial charge in [0.15, 0.2) is 0 Å². The minimum absolute atomic E-state index is 0.0904. The Morgan fingerprint density at radius 1 is 0.452 bits per heavy atom. The predicted octanol–water partition coefficient (Wildman–Crippen LogP) is 11.2. The van der Waals surface area contributed by atoms with Crippen LogP contribution in [0.15, 0.2) is 0 Å². The Kier molecular flexibility index (Phi) is 25.5. The van der Waals surface area contributed by atoms with Crippen LogP contribution < -0.4 is 10.6 Å². The van der Waals surface area contributed by atoms with E-state index in [1.807, 2.05) is 0 Å². The van der Waals surface area contributed by atoms with Gasteiger partial charge in [-0.15, -0.1) is 0 Å². The molecule has 248 valence electrons. The standard InChI is InChI=1S/C38H74N2O2/c1-5-9-13-17-19-23-29-33(27-21-15-11-7-3)37(41)39-35-31-25-26-32-36(35)40-38(42)34(28-22-16-12-8-4)30-24-20-18-14-10-6-2/h33-36H,5-32H2,1-4H3,(H,39,41)(H,40,42)/t33-,34?,35-,36?/m1/s1. The van der Waals surface area contributed by atoms with E-state index in [-0.39, 0.29) is 35.7 Å². The summed E-state index contributed by atoms with van der Waals surface area (Å²) in [4.78, 5) is 27.3. The van der Waals surface area contributed by atoms with Gasteiger partial charge in [-0.2, -0.15) is 0 Å². The highest BCUT2D eigenvalue weighted by Crippen LogP contribution is 2.25. The van der Waals surface area contributed by atoms with Crippen LogP contribution in [0.25, 0.3) is 0 Å². The van der Waals surface area contributed by atoms with Gasteiger partial charge in [0.2, 0.25) is 11.8 Å². The Labute approximate surface area is 263 Å². The molecule has 1 aliphatic carbocycles. The maximum absolute atomic E-state index is 13.6. The molecule has 0 spiro atoms. The molecule has 0 saturated heterocycles. The van der Waals surface area contributed by atoms with E-state index in [1.165, 1.54) is 116 Å². The molecule has 42 heavy (non-hydrogen) atoms. The molecule has 1 fully saturated rings. The van der Waals surface area contributed by atoms with Crippen molar-refractivity contribution in [1.29, 1.82) is 0 Å². The fourth-order valence-electron chi connectivity index (χ4n) is 6.87. The zero-order valence-corrected chi connectivity index (χ0v) is 28.9. The number of carbonyl (C=O) groups excluding carboxylic acids is 2. The number of carbonyl (C=O) groups is 2. The van der Waals surface area contributed by atoms with Crippen LogP contribution in [0.1, 0.15) is 207 Å². The molecule has 0 aromatic carbocycles. The molecule has 0 bridgehead atoms. The summed E-state index contributed by atoms with van der Waals surface area (Å²) in [6.45, 7) is 9.03. The highest BCUT2D eigenvalue weighted by molar-refractivity contribution is 5.80. The highest BCUT2D eigenvalue weighted by Gasteiger charge is 2.31. The number of nitrogens with one attached hydrogen (secondary N) is 2. The van der Waals surface area contributed by atoms with Gasteiger partial charge in [-0.3, -0.25) is 9.59 Å². The molecule has 0 heterocycles. The van der Waals surface area contributed by atoms with E-state index in [9.17, 15) is 9.59 Å². The number of hydrogen-bond acceptors (Lipinski definition) is 2. The number of rotatable bonds is 28. The van der Waals surface area contributed by atoms with Crippen LogP contribution in [0.3, 0.4) is 0 Å². The predicted molar refractivity (Wildman–Crippen MR) is 183 cm³/mol. The number of hydrogen-bond donors (Lipinski definition) is 2. The van der Waals surface area contributed by atoms with Gasteiger partial charge >= 0.3 is 0 Å². The van der Waals surface area contributed by atoms with Gasteiger partial charge in [0.25, 0.3) is 0 Å². The quantitative estimate of drug-likeness (QED) is 0.0890. The van der Waals surface area contributed by atoms with E-state index in [2.05, 4.69) is 38.3 Å². The first-order valence-electron chi connectivity index (χ1n) is 19.2. The third-order valence-electron chi connectivity index (χ3n) is 9.79. The number of amides is 2. The summed E-state index contributed by atoms with van der Waals surface area (Å²) in [6.07, 6.45) is 33.4. The van der Waals surface area contributed by atoms with Crippen molar-refractivity contribution in [3.63, 3.8) is 0 Å². The molecule has 0 radical (unpaired) electrons. The largest absolute Gasteiger partial charge is 0.351 e. The summed E-state index contributed by atoms with van der Waals surface area (Å²) >= 11 is 0. The maximum Gasteiger partial charge on any atom is 0.223 e. The summed E-state index contributed by atoms with van der Waals surface area (Å²) in [5.41, 5.74) is 0. The van der Waals surface area contributed by atoms with Crippen LogP contribution in [-0.4, -0.2) is 23.9 Å². The fourth-order valence-corrected chi connectivity index (χ4v) is 6.87. The third-order valence-corrected chi connectivity index (χ3v) is 9.79. The van der Waals surface area contributed by atoms with Crippen molar-refractivity contribution >= 4 is 11.8 Å². The van der Waals surface area contributed by atoms with E-state index in [1.54, 1.807) is 0 Å². The Morgan fingerprint density at radius 3 is 1.02 bits per heavy atom. The molecule has 4 heteroatoms. The monoisotopic (exact) mass is 591 g/mol. The molecule has 4 atom stereocenters. The Balaban J connectivity index is 2.72. The normalized spacial score (nSPS) is 18.5. The summed E-state index contributed by atoms with van der Waals surface area (Å²) in [6, 6.07) is 0.181. The second-order valence-electron chi connectivity index (χ2n) is 13.7. The number of unbranched alkanes of at least 4 members (excludes halogenated alkanes) is 16. The highest BCUT2D eigenvalue weighted by atomic mass is 16.2. The van der Waals surface area contributed by atoms with Crippen LogP contribution in [-0.2, 0) is 9.59 Å². The average Bonchev–Trinajstić information content (AvgIpc) is 2.99. The molecule has 1 saturated carbocycles. The van der Waals surface area contributed by atoms with E-state index in [4.69, 9.17) is 0 Å². The van der Waals surface area contributed by atoms with Gasteiger partial charge in [0, 0.05) is 23.9 Å². The van der Waals surface area contributed by atoms with E-state index in [0.717, 1.165) is 64.2 Å². The topological polar surface area (TPSA) is 58.2 Å².